The van der Waals surface area contributed by atoms with E-state index in [0.717, 1.165) is 13.0 Å². The summed E-state index contributed by atoms with van der Waals surface area (Å²) in [6.45, 7) is 17.8. The smallest absolute Gasteiger partial charge is 0.239 e. The summed E-state index contributed by atoms with van der Waals surface area (Å²) in [5.74, 6) is 0. The van der Waals surface area contributed by atoms with Crippen LogP contribution in [0.3, 0.4) is 0 Å². The van der Waals surface area contributed by atoms with E-state index in [2.05, 4.69) is 57.0 Å². The molecule has 1 heterocycles. The second-order valence-electron chi connectivity index (χ2n) is 4.44. The molecule has 1 aromatic rings. The average molecular weight is 251 g/mol. The molecule has 0 spiro atoms. The minimum Gasteiger partial charge on any atom is -0.390 e. The van der Waals surface area contributed by atoms with Gasteiger partial charge >= 0.3 is 0 Å². The van der Waals surface area contributed by atoms with Crippen LogP contribution in [0, 0.1) is 6.92 Å². The Labute approximate surface area is 117 Å². The van der Waals surface area contributed by atoms with Crippen LogP contribution in [0.2, 0.25) is 6.82 Å². The van der Waals surface area contributed by atoms with Gasteiger partial charge in [0.2, 0.25) is 7.41 Å². The summed E-state index contributed by atoms with van der Waals surface area (Å²) in [6, 6.07) is 0. The van der Waals surface area contributed by atoms with Crippen molar-refractivity contribution in [1.82, 2.24) is 4.48 Å². The molecule has 2 heteroatoms. The standard InChI is InChI=1S/C17H22BN/c1-7-10-11-16-15(9-3)14(5)17(19(16)18-6)12-13(4)8-2/h7-12,18H,1-3H2,4-6H3/b11-10-,13-12+. The van der Waals surface area contributed by atoms with Crippen LogP contribution in [0.15, 0.2) is 43.5 Å². The number of hydrogen-bond acceptors (Lipinski definition) is 0. The van der Waals surface area contributed by atoms with Gasteiger partial charge in [-0.25, -0.2) is 0 Å². The van der Waals surface area contributed by atoms with Gasteiger partial charge in [0.15, 0.2) is 0 Å². The Hall–Kier alpha value is -1.96. The molecule has 0 aliphatic rings. The first-order chi connectivity index (χ1) is 9.10. The normalized spacial score (nSPS) is 11.6. The highest BCUT2D eigenvalue weighted by Gasteiger charge is 2.13. The molecule has 0 aliphatic heterocycles. The largest absolute Gasteiger partial charge is 0.390 e. The summed E-state index contributed by atoms with van der Waals surface area (Å²) in [5.41, 5.74) is 5.99. The van der Waals surface area contributed by atoms with Gasteiger partial charge in [0.25, 0.3) is 0 Å². The molecular weight excluding hydrogens is 229 g/mol. The average Bonchev–Trinajstić information content (AvgIpc) is 2.67. The molecule has 0 unspecified atom stereocenters. The minimum absolute atomic E-state index is 0.918. The monoisotopic (exact) mass is 251 g/mol. The van der Waals surface area contributed by atoms with Gasteiger partial charge in [0.05, 0.1) is 0 Å². The Bertz CT molecular complexity index is 556. The van der Waals surface area contributed by atoms with Gasteiger partial charge in [0.1, 0.15) is 0 Å². The number of nitrogens with zero attached hydrogens (tertiary/aromatic N) is 1. The fraction of sp³-hybridized carbons (Fsp3) is 0.176. The van der Waals surface area contributed by atoms with Crippen LogP contribution in [0.5, 0.6) is 0 Å². The summed E-state index contributed by atoms with van der Waals surface area (Å²) < 4.78 is 2.29. The SMILES string of the molecule is C=C/C=C\c1c(C=C)c(C)c(/C=C(\C)C=C)n1BC. The maximum Gasteiger partial charge on any atom is 0.239 e. The summed E-state index contributed by atoms with van der Waals surface area (Å²) in [5, 5.41) is 0. The lowest BCUT2D eigenvalue weighted by Gasteiger charge is -2.07. The summed E-state index contributed by atoms with van der Waals surface area (Å²) >= 11 is 0. The second-order valence-corrected chi connectivity index (χ2v) is 4.44. The summed E-state index contributed by atoms with van der Waals surface area (Å²) in [4.78, 5) is 0. The third-order valence-electron chi connectivity index (χ3n) is 3.24. The molecule has 0 atom stereocenters. The lowest BCUT2D eigenvalue weighted by atomic mass is 9.97. The zero-order valence-corrected chi connectivity index (χ0v) is 12.2. The highest BCUT2D eigenvalue weighted by molar-refractivity contribution is 6.33. The van der Waals surface area contributed by atoms with Crippen LogP contribution in [0.4, 0.5) is 0 Å². The van der Waals surface area contributed by atoms with Crippen molar-refractivity contribution >= 4 is 25.6 Å². The van der Waals surface area contributed by atoms with E-state index in [1.807, 2.05) is 18.2 Å². The van der Waals surface area contributed by atoms with Crippen molar-refractivity contribution in [3.05, 3.63) is 66.1 Å². The van der Waals surface area contributed by atoms with E-state index >= 15 is 0 Å². The summed E-state index contributed by atoms with van der Waals surface area (Å²) in [6.07, 6.45) is 11.8. The summed E-state index contributed by atoms with van der Waals surface area (Å²) in [7, 11) is 0.918. The molecule has 0 aromatic carbocycles. The number of aromatic nitrogens is 1. The van der Waals surface area contributed by atoms with Crippen molar-refractivity contribution < 1.29 is 0 Å². The Kier molecular flexibility index (Phi) is 5.44. The van der Waals surface area contributed by atoms with Gasteiger partial charge in [-0.15, -0.1) is 0 Å². The van der Waals surface area contributed by atoms with Gasteiger partial charge in [-0.1, -0.05) is 50.9 Å². The Morgan fingerprint density at radius 3 is 2.37 bits per heavy atom. The van der Waals surface area contributed by atoms with E-state index in [-0.39, 0.29) is 0 Å². The van der Waals surface area contributed by atoms with Crippen molar-refractivity contribution in [2.45, 2.75) is 20.7 Å². The molecule has 0 saturated heterocycles. The van der Waals surface area contributed by atoms with Crippen LogP contribution < -0.4 is 0 Å². The molecule has 0 aliphatic carbocycles. The maximum absolute atomic E-state index is 3.93. The van der Waals surface area contributed by atoms with Crippen molar-refractivity contribution in [3.63, 3.8) is 0 Å². The van der Waals surface area contributed by atoms with E-state index in [1.165, 1.54) is 22.5 Å². The van der Waals surface area contributed by atoms with Gasteiger partial charge in [-0.05, 0) is 37.1 Å². The zero-order valence-electron chi connectivity index (χ0n) is 12.2. The van der Waals surface area contributed by atoms with E-state index in [4.69, 9.17) is 0 Å². The quantitative estimate of drug-likeness (QED) is 0.519. The van der Waals surface area contributed by atoms with Crippen LogP contribution in [-0.4, -0.2) is 11.9 Å². The molecule has 0 bridgehead atoms. The lowest BCUT2D eigenvalue weighted by Crippen LogP contribution is -2.06. The van der Waals surface area contributed by atoms with Crippen molar-refractivity contribution in [2.75, 3.05) is 0 Å². The highest BCUT2D eigenvalue weighted by atomic mass is 14.9. The van der Waals surface area contributed by atoms with Gasteiger partial charge in [-0.3, -0.25) is 0 Å². The van der Waals surface area contributed by atoms with Crippen LogP contribution in [0.25, 0.3) is 18.2 Å². The molecule has 1 aromatic heterocycles. The third-order valence-corrected chi connectivity index (χ3v) is 3.24. The van der Waals surface area contributed by atoms with Crippen molar-refractivity contribution in [3.8, 4) is 0 Å². The molecule has 98 valence electrons. The van der Waals surface area contributed by atoms with E-state index < -0.39 is 0 Å². The number of rotatable bonds is 6. The Morgan fingerprint density at radius 1 is 1.21 bits per heavy atom. The van der Waals surface area contributed by atoms with E-state index in [1.54, 1.807) is 6.08 Å². The minimum atomic E-state index is 0.918. The number of allylic oxidation sites excluding steroid dienone is 4. The molecular formula is C17H22BN. The van der Waals surface area contributed by atoms with Gasteiger partial charge < -0.3 is 4.48 Å². The maximum atomic E-state index is 3.93. The second kappa shape index (κ2) is 6.84. The molecule has 19 heavy (non-hydrogen) atoms. The highest BCUT2D eigenvalue weighted by Crippen LogP contribution is 2.26. The van der Waals surface area contributed by atoms with Crippen molar-refractivity contribution in [1.29, 1.82) is 0 Å². The lowest BCUT2D eigenvalue weighted by molar-refractivity contribution is 1.17. The third kappa shape index (κ3) is 3.08. The van der Waals surface area contributed by atoms with Crippen LogP contribution in [0.1, 0.15) is 29.4 Å². The van der Waals surface area contributed by atoms with Crippen LogP contribution >= 0.6 is 0 Å². The van der Waals surface area contributed by atoms with Gasteiger partial charge in [0, 0.05) is 17.0 Å². The van der Waals surface area contributed by atoms with Crippen LogP contribution in [-0.2, 0) is 0 Å². The Morgan fingerprint density at radius 2 is 1.89 bits per heavy atom. The first-order valence-corrected chi connectivity index (χ1v) is 6.56. The zero-order chi connectivity index (χ0) is 14.4. The molecule has 1 rings (SSSR count). The fourth-order valence-electron chi connectivity index (χ4n) is 2.21. The fourth-order valence-corrected chi connectivity index (χ4v) is 2.21. The topological polar surface area (TPSA) is 4.93 Å². The van der Waals surface area contributed by atoms with E-state index in [9.17, 15) is 0 Å². The van der Waals surface area contributed by atoms with E-state index in [0.29, 0.717) is 0 Å². The first-order valence-electron chi connectivity index (χ1n) is 6.56. The van der Waals surface area contributed by atoms with Crippen molar-refractivity contribution in [2.24, 2.45) is 0 Å². The Balaban J connectivity index is 3.60. The predicted molar refractivity (Wildman–Crippen MR) is 90.8 cm³/mol. The molecule has 0 fully saturated rings. The molecule has 0 radical (unpaired) electrons. The molecule has 0 amide bonds. The molecule has 0 N–H and O–H groups in total. The molecule has 1 nitrogen and oxygen atoms in total. The first kappa shape index (κ1) is 15.1. The molecule has 0 saturated carbocycles. The predicted octanol–water partition coefficient (Wildman–Crippen LogP) is 4.48. The van der Waals surface area contributed by atoms with Gasteiger partial charge in [-0.2, -0.15) is 0 Å². The number of hydrogen-bond donors (Lipinski definition) is 0.